The van der Waals surface area contributed by atoms with Gasteiger partial charge in [0.1, 0.15) is 16.5 Å². The number of nitrogens with one attached hydrogen (secondary N) is 1. The van der Waals surface area contributed by atoms with Gasteiger partial charge in [0.15, 0.2) is 5.78 Å². The normalized spacial score (nSPS) is 15.7. The number of anilines is 1. The summed E-state index contributed by atoms with van der Waals surface area (Å²) in [6.07, 6.45) is 2.15. The number of carbonyl (C=O) groups excluding carboxylic acids is 1. The van der Waals surface area contributed by atoms with Crippen LogP contribution >= 0.6 is 11.3 Å². The van der Waals surface area contributed by atoms with Crippen LogP contribution in [0.15, 0.2) is 47.8 Å². The molecule has 3 aromatic rings. The number of ether oxygens (including phenoxy) is 1. The van der Waals surface area contributed by atoms with E-state index in [0.717, 1.165) is 61.9 Å². The maximum Gasteiger partial charge on any atom is 0.182 e. The zero-order valence-electron chi connectivity index (χ0n) is 16.9. The molecular formula is C24H25N3O2S. The summed E-state index contributed by atoms with van der Waals surface area (Å²) in [5.41, 5.74) is 5.35. The van der Waals surface area contributed by atoms with E-state index in [9.17, 15) is 4.79 Å². The highest BCUT2D eigenvalue weighted by Crippen LogP contribution is 2.32. The quantitative estimate of drug-likeness (QED) is 0.613. The Labute approximate surface area is 180 Å². The molecule has 1 fully saturated rings. The maximum absolute atomic E-state index is 12.8. The number of piperazine rings is 1. The summed E-state index contributed by atoms with van der Waals surface area (Å²) in [7, 11) is 0. The van der Waals surface area contributed by atoms with Gasteiger partial charge in [0, 0.05) is 55.7 Å². The fraction of sp³-hybridized carbons (Fsp3) is 0.333. The Morgan fingerprint density at radius 2 is 2.03 bits per heavy atom. The second-order valence-electron chi connectivity index (χ2n) is 7.75. The molecule has 1 aromatic heterocycles. The molecule has 0 aliphatic carbocycles. The molecular weight excluding hydrogens is 394 g/mol. The minimum atomic E-state index is 0.108. The van der Waals surface area contributed by atoms with Crippen LogP contribution in [0.3, 0.4) is 0 Å². The molecule has 0 spiro atoms. The number of carbonyl (C=O) groups is 1. The number of hydrogen-bond acceptors (Lipinski definition) is 6. The lowest BCUT2D eigenvalue weighted by molar-refractivity contribution is 0.0979. The van der Waals surface area contributed by atoms with E-state index >= 15 is 0 Å². The highest BCUT2D eigenvalue weighted by Gasteiger charge is 2.18. The van der Waals surface area contributed by atoms with E-state index in [-0.39, 0.29) is 5.78 Å². The predicted octanol–water partition coefficient (Wildman–Crippen LogP) is 3.97. The van der Waals surface area contributed by atoms with Crippen LogP contribution in [-0.4, -0.2) is 43.6 Å². The first-order valence-electron chi connectivity index (χ1n) is 10.6. The lowest BCUT2D eigenvalue weighted by Crippen LogP contribution is -2.43. The minimum Gasteiger partial charge on any atom is -0.493 e. The Morgan fingerprint density at radius 1 is 1.17 bits per heavy atom. The Bertz CT molecular complexity index is 1060. The summed E-state index contributed by atoms with van der Waals surface area (Å²) in [5.74, 6) is 1.08. The van der Waals surface area contributed by atoms with E-state index in [0.29, 0.717) is 12.1 Å². The number of thiazole rings is 1. The Morgan fingerprint density at radius 3 is 2.93 bits per heavy atom. The number of rotatable bonds is 6. The van der Waals surface area contributed by atoms with Crippen LogP contribution in [0.1, 0.15) is 28.0 Å². The summed E-state index contributed by atoms with van der Waals surface area (Å²) in [6.45, 7) is 4.77. The molecule has 0 radical (unpaired) electrons. The van der Waals surface area contributed by atoms with Crippen molar-refractivity contribution in [3.05, 3.63) is 64.7 Å². The van der Waals surface area contributed by atoms with Gasteiger partial charge in [0.05, 0.1) is 6.61 Å². The van der Waals surface area contributed by atoms with E-state index in [4.69, 9.17) is 4.74 Å². The fourth-order valence-electron chi connectivity index (χ4n) is 4.17. The van der Waals surface area contributed by atoms with Gasteiger partial charge in [-0.15, -0.1) is 11.3 Å². The largest absolute Gasteiger partial charge is 0.493 e. The zero-order chi connectivity index (χ0) is 20.3. The van der Waals surface area contributed by atoms with E-state index < -0.39 is 0 Å². The molecule has 30 heavy (non-hydrogen) atoms. The van der Waals surface area contributed by atoms with E-state index in [1.807, 2.05) is 17.5 Å². The van der Waals surface area contributed by atoms with Crippen molar-refractivity contribution in [3.63, 3.8) is 0 Å². The first kappa shape index (κ1) is 19.3. The number of aryl methyl sites for hydroxylation is 1. The molecule has 0 unspecified atom stereocenters. The van der Waals surface area contributed by atoms with Crippen molar-refractivity contribution in [1.29, 1.82) is 0 Å². The van der Waals surface area contributed by atoms with Crippen LogP contribution in [0.5, 0.6) is 5.75 Å². The second kappa shape index (κ2) is 8.58. The predicted molar refractivity (Wildman–Crippen MR) is 121 cm³/mol. The van der Waals surface area contributed by atoms with Crippen LogP contribution in [0, 0.1) is 0 Å². The number of benzene rings is 2. The molecule has 5 nitrogen and oxygen atoms in total. The van der Waals surface area contributed by atoms with Gasteiger partial charge in [0.25, 0.3) is 0 Å². The number of aromatic nitrogens is 1. The molecule has 2 aliphatic rings. The van der Waals surface area contributed by atoms with Crippen molar-refractivity contribution in [3.8, 4) is 16.3 Å². The molecule has 5 rings (SSSR count). The molecule has 0 bridgehead atoms. The number of hydrogen-bond donors (Lipinski definition) is 1. The standard InChI is InChI=1S/C24H25N3O2S/c28-22(7-5-17-3-1-2-4-21(17)27-12-10-25-11-13-27)20-16-30-24(26-20)19-6-8-23-18(15-19)9-14-29-23/h1-4,6,8,15-16,25H,5,7,9-14H2. The summed E-state index contributed by atoms with van der Waals surface area (Å²) < 4.78 is 5.58. The molecule has 1 N–H and O–H groups in total. The topological polar surface area (TPSA) is 54.5 Å². The van der Waals surface area contributed by atoms with Gasteiger partial charge in [-0.05, 0) is 41.8 Å². The van der Waals surface area contributed by atoms with Crippen molar-refractivity contribution >= 4 is 22.8 Å². The summed E-state index contributed by atoms with van der Waals surface area (Å²) in [6, 6.07) is 14.6. The molecule has 154 valence electrons. The molecule has 1 saturated heterocycles. The Hall–Kier alpha value is -2.70. The van der Waals surface area contributed by atoms with E-state index in [2.05, 4.69) is 45.5 Å². The third kappa shape index (κ3) is 3.98. The highest BCUT2D eigenvalue weighted by atomic mass is 32.1. The molecule has 3 heterocycles. The summed E-state index contributed by atoms with van der Waals surface area (Å²) >= 11 is 1.54. The molecule has 0 saturated carbocycles. The number of Topliss-reactive ketones (excluding diaryl/α,β-unsaturated/α-hetero) is 1. The number of para-hydroxylation sites is 1. The van der Waals surface area contributed by atoms with Crippen molar-refractivity contribution in [2.24, 2.45) is 0 Å². The highest BCUT2D eigenvalue weighted by molar-refractivity contribution is 7.13. The minimum absolute atomic E-state index is 0.108. The SMILES string of the molecule is O=C(CCc1ccccc1N1CCNCC1)c1csc(-c2ccc3c(c2)CCO3)n1. The van der Waals surface area contributed by atoms with Gasteiger partial charge >= 0.3 is 0 Å². The number of fused-ring (bicyclic) bond motifs is 1. The Kier molecular flexibility index (Phi) is 5.51. The maximum atomic E-state index is 12.8. The number of nitrogens with zero attached hydrogens (tertiary/aromatic N) is 2. The average molecular weight is 420 g/mol. The Balaban J connectivity index is 1.27. The van der Waals surface area contributed by atoms with Crippen LogP contribution in [0.25, 0.3) is 10.6 Å². The van der Waals surface area contributed by atoms with Crippen molar-refractivity contribution in [2.45, 2.75) is 19.3 Å². The van der Waals surface area contributed by atoms with Crippen molar-refractivity contribution < 1.29 is 9.53 Å². The lowest BCUT2D eigenvalue weighted by atomic mass is 10.0. The molecule has 2 aromatic carbocycles. The van der Waals surface area contributed by atoms with Gasteiger partial charge in [0.2, 0.25) is 0 Å². The average Bonchev–Trinajstić information content (AvgIpc) is 3.47. The second-order valence-corrected chi connectivity index (χ2v) is 8.61. The van der Waals surface area contributed by atoms with E-state index in [1.54, 1.807) is 0 Å². The van der Waals surface area contributed by atoms with Crippen LogP contribution < -0.4 is 15.0 Å². The van der Waals surface area contributed by atoms with E-state index in [1.165, 1.54) is 28.2 Å². The molecule has 6 heteroatoms. The van der Waals surface area contributed by atoms with Gasteiger partial charge in [-0.3, -0.25) is 4.79 Å². The zero-order valence-corrected chi connectivity index (χ0v) is 17.7. The van der Waals surface area contributed by atoms with Crippen LogP contribution in [0.2, 0.25) is 0 Å². The van der Waals surface area contributed by atoms with Gasteiger partial charge in [-0.25, -0.2) is 4.98 Å². The first-order chi connectivity index (χ1) is 14.8. The monoisotopic (exact) mass is 419 g/mol. The third-order valence-corrected chi connectivity index (χ3v) is 6.69. The van der Waals surface area contributed by atoms with Crippen LogP contribution in [0.4, 0.5) is 5.69 Å². The summed E-state index contributed by atoms with van der Waals surface area (Å²) in [5, 5.41) is 6.19. The van der Waals surface area contributed by atoms with Gasteiger partial charge in [-0.2, -0.15) is 0 Å². The smallest absolute Gasteiger partial charge is 0.182 e. The first-order valence-corrected chi connectivity index (χ1v) is 11.4. The van der Waals surface area contributed by atoms with Gasteiger partial charge in [-0.1, -0.05) is 18.2 Å². The third-order valence-electron chi connectivity index (χ3n) is 5.80. The lowest BCUT2D eigenvalue weighted by Gasteiger charge is -2.31. The van der Waals surface area contributed by atoms with Gasteiger partial charge < -0.3 is 15.0 Å². The fourth-order valence-corrected chi connectivity index (χ4v) is 4.99. The van der Waals surface area contributed by atoms with Crippen molar-refractivity contribution in [1.82, 2.24) is 10.3 Å². The molecule has 0 amide bonds. The van der Waals surface area contributed by atoms with Crippen molar-refractivity contribution in [2.75, 3.05) is 37.7 Å². The molecule has 2 aliphatic heterocycles. The summed E-state index contributed by atoms with van der Waals surface area (Å²) in [4.78, 5) is 19.9. The molecule has 0 atom stereocenters. The number of ketones is 1. The van der Waals surface area contributed by atoms with Crippen LogP contribution in [-0.2, 0) is 12.8 Å².